The molecule has 238 valence electrons. The first-order chi connectivity index (χ1) is 24.7. The number of ketones is 1. The van der Waals surface area contributed by atoms with E-state index in [0.717, 1.165) is 46.7 Å². The van der Waals surface area contributed by atoms with Gasteiger partial charge in [-0.15, -0.1) is 0 Å². The van der Waals surface area contributed by atoms with Crippen LogP contribution in [0.2, 0.25) is 0 Å². The molecule has 2 atom stereocenters. The van der Waals surface area contributed by atoms with E-state index in [2.05, 4.69) is 155 Å². The Bertz CT molecular complexity index is 2560. The number of fused-ring (bicyclic) bond motifs is 10. The highest BCUT2D eigenvalue weighted by atomic mass is 32.2. The second-order valence-corrected chi connectivity index (χ2v) is 15.6. The van der Waals surface area contributed by atoms with Crippen molar-refractivity contribution in [2.24, 2.45) is 5.92 Å². The first-order valence-corrected chi connectivity index (χ1v) is 18.9. The van der Waals surface area contributed by atoms with E-state index in [1.165, 1.54) is 52.9 Å². The van der Waals surface area contributed by atoms with Gasteiger partial charge < -0.3 is 9.80 Å². The van der Waals surface area contributed by atoms with Crippen LogP contribution in [-0.4, -0.2) is 5.78 Å². The molecule has 0 amide bonds. The summed E-state index contributed by atoms with van der Waals surface area (Å²) < 4.78 is 0. The van der Waals surface area contributed by atoms with Crippen molar-refractivity contribution >= 4 is 67.7 Å². The summed E-state index contributed by atoms with van der Waals surface area (Å²) in [5.74, 6) is 0.00276. The molecule has 50 heavy (non-hydrogen) atoms. The Morgan fingerprint density at radius 2 is 1.38 bits per heavy atom. The van der Waals surface area contributed by atoms with Gasteiger partial charge in [-0.05, 0) is 94.9 Å². The fourth-order valence-electron chi connectivity index (χ4n) is 8.57. The van der Waals surface area contributed by atoms with Gasteiger partial charge in [-0.1, -0.05) is 115 Å². The van der Waals surface area contributed by atoms with E-state index < -0.39 is 0 Å². The van der Waals surface area contributed by atoms with Crippen molar-refractivity contribution in [3.63, 3.8) is 0 Å². The van der Waals surface area contributed by atoms with E-state index in [1.807, 2.05) is 23.5 Å². The molecule has 5 heteroatoms. The second kappa shape index (κ2) is 10.9. The Labute approximate surface area is 299 Å². The third kappa shape index (κ3) is 4.11. The summed E-state index contributed by atoms with van der Waals surface area (Å²) in [5, 5.41) is 2.48. The minimum atomic E-state index is -0.234. The smallest absolute Gasteiger partial charge is 0.171 e. The molecule has 0 radical (unpaired) electrons. The maximum Gasteiger partial charge on any atom is 0.171 e. The molecule has 6 aromatic carbocycles. The number of para-hydroxylation sites is 2. The van der Waals surface area contributed by atoms with Gasteiger partial charge in [-0.2, -0.15) is 0 Å². The Balaban J connectivity index is 1.00. The van der Waals surface area contributed by atoms with Crippen LogP contribution in [0.25, 0.3) is 15.7 Å². The zero-order valence-corrected chi connectivity index (χ0v) is 28.7. The van der Waals surface area contributed by atoms with Gasteiger partial charge in [0.05, 0.1) is 23.0 Å². The van der Waals surface area contributed by atoms with Gasteiger partial charge >= 0.3 is 0 Å². The molecule has 0 N–H and O–H groups in total. The summed E-state index contributed by atoms with van der Waals surface area (Å²) >= 11 is 3.71. The van der Waals surface area contributed by atoms with Crippen LogP contribution in [0, 0.1) is 5.92 Å². The molecule has 6 aromatic rings. The van der Waals surface area contributed by atoms with E-state index in [-0.39, 0.29) is 17.6 Å². The fraction of sp³-hybridized carbons (Fsp3) is 0.0889. The van der Waals surface area contributed by atoms with Crippen molar-refractivity contribution in [3.05, 3.63) is 179 Å². The molecule has 3 nitrogen and oxygen atoms in total. The Morgan fingerprint density at radius 3 is 2.28 bits per heavy atom. The molecule has 2 aliphatic heterocycles. The molecular formula is C45H30N2OS2. The third-order valence-electron chi connectivity index (χ3n) is 10.9. The monoisotopic (exact) mass is 678 g/mol. The molecule has 0 bridgehead atoms. The summed E-state index contributed by atoms with van der Waals surface area (Å²) in [4.78, 5) is 24.3. The van der Waals surface area contributed by atoms with Crippen LogP contribution in [0.5, 0.6) is 0 Å². The lowest BCUT2D eigenvalue weighted by molar-refractivity contribution is 0.0954. The van der Waals surface area contributed by atoms with Crippen LogP contribution in [0.1, 0.15) is 39.4 Å². The maximum absolute atomic E-state index is 14.5. The van der Waals surface area contributed by atoms with E-state index in [0.29, 0.717) is 0 Å². The number of carbonyl (C=O) groups excluding carboxylic acids is 1. The number of carbonyl (C=O) groups is 1. The van der Waals surface area contributed by atoms with E-state index in [4.69, 9.17) is 0 Å². The lowest BCUT2D eigenvalue weighted by Crippen LogP contribution is -2.29. The number of aryl methyl sites for hydroxylation is 1. The third-order valence-corrected chi connectivity index (χ3v) is 13.3. The minimum Gasteiger partial charge on any atom is -0.312 e. The van der Waals surface area contributed by atoms with Crippen LogP contribution >= 0.6 is 23.5 Å². The Kier molecular flexibility index (Phi) is 6.22. The van der Waals surface area contributed by atoms with Crippen molar-refractivity contribution in [3.8, 4) is 0 Å². The normalized spacial score (nSPS) is 19.6. The number of hydrogen-bond acceptors (Lipinski definition) is 5. The second-order valence-electron chi connectivity index (χ2n) is 13.5. The molecule has 0 fully saturated rings. The van der Waals surface area contributed by atoms with Crippen molar-refractivity contribution in [1.82, 2.24) is 0 Å². The number of nitrogens with zero attached hydrogens (tertiary/aromatic N) is 2. The van der Waals surface area contributed by atoms with Gasteiger partial charge in [0.25, 0.3) is 0 Å². The molecule has 11 rings (SSSR count). The lowest BCUT2D eigenvalue weighted by Gasteiger charge is -2.39. The molecule has 0 aromatic heterocycles. The summed E-state index contributed by atoms with van der Waals surface area (Å²) in [6, 6.07) is 45.7. The molecule has 3 aliphatic carbocycles. The van der Waals surface area contributed by atoms with Gasteiger partial charge in [-0.25, -0.2) is 0 Å². The summed E-state index contributed by atoms with van der Waals surface area (Å²) in [6.07, 6.45) is 8.77. The number of thioether (sulfide) groups is 1. The lowest BCUT2D eigenvalue weighted by atomic mass is 9.86. The van der Waals surface area contributed by atoms with Crippen molar-refractivity contribution < 1.29 is 4.79 Å². The first kappa shape index (κ1) is 28.6. The van der Waals surface area contributed by atoms with Crippen LogP contribution in [0.3, 0.4) is 0 Å². The van der Waals surface area contributed by atoms with Gasteiger partial charge in [0, 0.05) is 48.2 Å². The highest BCUT2D eigenvalue weighted by Crippen LogP contribution is 2.56. The van der Waals surface area contributed by atoms with Crippen LogP contribution in [0.15, 0.2) is 172 Å². The Hall–Kier alpha value is -5.23. The van der Waals surface area contributed by atoms with Crippen LogP contribution in [-0.2, 0) is 6.42 Å². The maximum atomic E-state index is 14.5. The van der Waals surface area contributed by atoms with Crippen molar-refractivity contribution in [1.29, 1.82) is 0 Å². The number of Topliss-reactive ketones (excluding diaryl/α,β-unsaturated/α-hetero) is 1. The molecule has 5 aliphatic rings. The number of allylic oxidation sites excluding steroid dienone is 4. The van der Waals surface area contributed by atoms with E-state index >= 15 is 0 Å². The quantitative estimate of drug-likeness (QED) is 0.181. The van der Waals surface area contributed by atoms with Crippen LogP contribution < -0.4 is 9.80 Å². The molecule has 0 saturated carbocycles. The number of hydrogen-bond donors (Lipinski definition) is 0. The fourth-order valence-corrected chi connectivity index (χ4v) is 11.0. The van der Waals surface area contributed by atoms with E-state index in [9.17, 15) is 4.79 Å². The number of benzene rings is 6. The summed E-state index contributed by atoms with van der Waals surface area (Å²) in [7, 11) is 0. The zero-order chi connectivity index (χ0) is 32.9. The average Bonchev–Trinajstić information content (AvgIpc) is 3.45. The predicted octanol–water partition coefficient (Wildman–Crippen LogP) is 12.1. The number of rotatable bonds is 2. The molecular weight excluding hydrogens is 649 g/mol. The van der Waals surface area contributed by atoms with Gasteiger partial charge in [0.15, 0.2) is 5.78 Å². The largest absolute Gasteiger partial charge is 0.312 e. The zero-order valence-electron chi connectivity index (χ0n) is 27.0. The standard InChI is InChI=1S/C45H30N2OS2/c48-43-35-25-29(46-37-13-5-7-15-41(37)49-44-31-11-3-1-9-27(31)17-23-39(44)46)19-21-33(35)34-22-20-30(26-36(34)43)47-38-14-6-8-16-42(38)50-45-32-12-4-2-10-28(32)18-24-40(45)47/h1-17,19-23,25-26,34,36H,18,24H2/t34-,36?/m1/s1. The summed E-state index contributed by atoms with van der Waals surface area (Å²) in [6.45, 7) is 0. The highest BCUT2D eigenvalue weighted by Gasteiger charge is 2.41. The first-order valence-electron chi connectivity index (χ1n) is 17.3. The Morgan fingerprint density at radius 1 is 0.620 bits per heavy atom. The SMILES string of the molecule is O=C1c2cc(N3c4ccccc4Sc4c3ccc3ccccc43)ccc2[C@H]2C=CC(N3C4=C(Sc5ccccc53)c3ccccc3CC4)=CC12. The molecule has 0 spiro atoms. The average molecular weight is 679 g/mol. The van der Waals surface area contributed by atoms with E-state index in [1.54, 1.807) is 0 Å². The molecule has 2 heterocycles. The van der Waals surface area contributed by atoms with Crippen molar-refractivity contribution in [2.75, 3.05) is 9.80 Å². The predicted molar refractivity (Wildman–Crippen MR) is 207 cm³/mol. The van der Waals surface area contributed by atoms with Gasteiger partial charge in [-0.3, -0.25) is 4.79 Å². The summed E-state index contributed by atoms with van der Waals surface area (Å²) in [5.41, 5.74) is 11.6. The highest BCUT2D eigenvalue weighted by molar-refractivity contribution is 8.08. The minimum absolute atomic E-state index is 0.0330. The topological polar surface area (TPSA) is 23.6 Å². The number of anilines is 4. The van der Waals surface area contributed by atoms with Crippen LogP contribution in [0.4, 0.5) is 22.7 Å². The van der Waals surface area contributed by atoms with Crippen molar-refractivity contribution in [2.45, 2.75) is 33.4 Å². The van der Waals surface area contributed by atoms with Gasteiger partial charge in [0.1, 0.15) is 0 Å². The van der Waals surface area contributed by atoms with Gasteiger partial charge in [0.2, 0.25) is 0 Å². The molecule has 1 unspecified atom stereocenters. The molecule has 0 saturated heterocycles.